The number of carbonyl (C=O) groups excluding carboxylic acids is 1. The third-order valence-corrected chi connectivity index (χ3v) is 6.51. The first-order valence-corrected chi connectivity index (χ1v) is 10.6. The maximum atomic E-state index is 13.2. The van der Waals surface area contributed by atoms with Gasteiger partial charge in [-0.05, 0) is 24.3 Å². The van der Waals surface area contributed by atoms with E-state index in [9.17, 15) is 9.90 Å². The zero-order chi connectivity index (χ0) is 22.1. The normalized spacial score (nSPS) is 21.2. The van der Waals surface area contributed by atoms with Gasteiger partial charge in [0, 0.05) is 40.3 Å². The quantitative estimate of drug-likeness (QED) is 0.619. The number of halogens is 1. The maximum absolute atomic E-state index is 13.2. The molecule has 0 spiro atoms. The highest BCUT2D eigenvalue weighted by atomic mass is 79.9. The monoisotopic (exact) mass is 471 g/mol. The van der Waals surface area contributed by atoms with Crippen LogP contribution in [0.4, 0.5) is 5.69 Å². The first kappa shape index (κ1) is 22.3. The summed E-state index contributed by atoms with van der Waals surface area (Å²) in [7, 11) is 0. The summed E-state index contributed by atoms with van der Waals surface area (Å²) in [5.41, 5.74) is 0.312. The van der Waals surface area contributed by atoms with Gasteiger partial charge in [-0.1, -0.05) is 49.7 Å². The smallest absolute Gasteiger partial charge is 0.255 e. The van der Waals surface area contributed by atoms with Gasteiger partial charge in [0.2, 0.25) is 5.69 Å². The Labute approximate surface area is 185 Å². The van der Waals surface area contributed by atoms with E-state index >= 15 is 0 Å². The van der Waals surface area contributed by atoms with Crippen LogP contribution in [0.5, 0.6) is 5.75 Å². The minimum atomic E-state index is -0.360. The Morgan fingerprint density at radius 1 is 1.30 bits per heavy atom. The predicted octanol–water partition coefficient (Wildman–Crippen LogP) is 4.71. The van der Waals surface area contributed by atoms with Crippen LogP contribution in [0.25, 0.3) is 4.85 Å². The summed E-state index contributed by atoms with van der Waals surface area (Å²) in [6.07, 6.45) is 3.02. The summed E-state index contributed by atoms with van der Waals surface area (Å²) in [6, 6.07) is 8.66. The van der Waals surface area contributed by atoms with Crippen molar-refractivity contribution in [3.63, 3.8) is 0 Å². The fourth-order valence-electron chi connectivity index (χ4n) is 5.11. The Hall–Kier alpha value is -2.43. The van der Waals surface area contributed by atoms with E-state index in [2.05, 4.69) is 53.5 Å². The van der Waals surface area contributed by atoms with E-state index in [0.29, 0.717) is 21.5 Å². The zero-order valence-corrected chi connectivity index (χ0v) is 19.2. The molecular weight excluding hydrogens is 446 g/mol. The van der Waals surface area contributed by atoms with Gasteiger partial charge in [0.15, 0.2) is 0 Å². The summed E-state index contributed by atoms with van der Waals surface area (Å²) in [4.78, 5) is 22.5. The van der Waals surface area contributed by atoms with Crippen LogP contribution in [0.3, 0.4) is 0 Å². The van der Waals surface area contributed by atoms with Crippen molar-refractivity contribution in [3.8, 4) is 5.75 Å². The lowest BCUT2D eigenvalue weighted by atomic mass is 9.48. The highest BCUT2D eigenvalue weighted by molar-refractivity contribution is 9.10. The number of aromatic nitrogens is 1. The number of ether oxygens (including phenoxy) is 1. The number of pyridine rings is 1. The predicted molar refractivity (Wildman–Crippen MR) is 119 cm³/mol. The molecule has 0 aliphatic heterocycles. The largest absolute Gasteiger partial charge is 0.489 e. The molecule has 0 unspecified atom stereocenters. The Kier molecular flexibility index (Phi) is 6.21. The van der Waals surface area contributed by atoms with Crippen LogP contribution in [0, 0.1) is 17.4 Å². The van der Waals surface area contributed by atoms with Gasteiger partial charge in [0.1, 0.15) is 11.9 Å². The Balaban J connectivity index is 1.88. The topological polar surface area (TPSA) is 67.0 Å². The Bertz CT molecular complexity index is 953. The van der Waals surface area contributed by atoms with Crippen LogP contribution in [0.2, 0.25) is 0 Å². The molecule has 1 aliphatic rings. The van der Waals surface area contributed by atoms with Crippen LogP contribution in [-0.4, -0.2) is 46.2 Å². The number of rotatable bonds is 6. The first-order chi connectivity index (χ1) is 14.1. The minimum absolute atomic E-state index is 0.120. The second kappa shape index (κ2) is 8.37. The van der Waals surface area contributed by atoms with Gasteiger partial charge < -0.3 is 14.7 Å². The molecule has 6 nitrogen and oxygen atoms in total. The molecule has 0 atom stereocenters. The summed E-state index contributed by atoms with van der Waals surface area (Å²) < 4.78 is 7.05. The van der Waals surface area contributed by atoms with Crippen LogP contribution in [0.1, 0.15) is 38.1 Å². The van der Waals surface area contributed by atoms with E-state index in [4.69, 9.17) is 11.3 Å². The van der Waals surface area contributed by atoms with E-state index < -0.39 is 0 Å². The third-order valence-electron chi connectivity index (χ3n) is 5.88. The van der Waals surface area contributed by atoms with Crippen molar-refractivity contribution >= 4 is 27.5 Å². The summed E-state index contributed by atoms with van der Waals surface area (Å²) in [5.74, 6) is 0.525. The molecule has 0 saturated heterocycles. The van der Waals surface area contributed by atoms with Crippen LogP contribution >= 0.6 is 15.9 Å². The molecule has 158 valence electrons. The standard InChI is InChI=1S/C23H26BrN3O3/c1-22(2)20(27(11-12-28)19(29)15-7-6-10-26-14-15)23(3,4)21(22)30-16-8-9-18(25-5)17(24)13-16/h6-10,13-14,20-21,28H,11-12H2,1-4H3. The molecule has 1 aromatic carbocycles. The van der Waals surface area contributed by atoms with Crippen LogP contribution < -0.4 is 4.74 Å². The number of aliphatic hydroxyl groups is 1. The van der Waals surface area contributed by atoms with Gasteiger partial charge in [0.05, 0.1) is 18.7 Å². The number of aliphatic hydroxyl groups excluding tert-OH is 1. The summed E-state index contributed by atoms with van der Waals surface area (Å²) in [5, 5.41) is 9.65. The highest BCUT2D eigenvalue weighted by Crippen LogP contribution is 2.58. The average molecular weight is 472 g/mol. The SMILES string of the molecule is [C-]#[N+]c1ccc(OC2C(C)(C)C(N(CCO)C(=O)c3cccnc3)C2(C)C)cc1Br. The molecular formula is C23H26BrN3O3. The second-order valence-electron chi connectivity index (χ2n) is 8.73. The minimum Gasteiger partial charge on any atom is -0.489 e. The van der Waals surface area contributed by atoms with E-state index in [-0.39, 0.29) is 42.0 Å². The number of carbonyl (C=O) groups is 1. The lowest BCUT2D eigenvalue weighted by Gasteiger charge is -2.65. The zero-order valence-electron chi connectivity index (χ0n) is 17.6. The lowest BCUT2D eigenvalue weighted by molar-refractivity contribution is -0.200. The van der Waals surface area contributed by atoms with Crippen molar-refractivity contribution in [3.05, 3.63) is 64.2 Å². The summed E-state index contributed by atoms with van der Waals surface area (Å²) >= 11 is 3.41. The molecule has 7 heteroatoms. The third kappa shape index (κ3) is 3.82. The number of nitrogens with zero attached hydrogens (tertiary/aromatic N) is 3. The lowest BCUT2D eigenvalue weighted by Crippen LogP contribution is -2.75. The fourth-order valence-corrected chi connectivity index (χ4v) is 5.56. The maximum Gasteiger partial charge on any atom is 0.255 e. The van der Waals surface area contributed by atoms with Crippen molar-refractivity contribution in [1.82, 2.24) is 9.88 Å². The van der Waals surface area contributed by atoms with Crippen molar-refractivity contribution in [2.45, 2.75) is 39.8 Å². The molecule has 3 rings (SSSR count). The van der Waals surface area contributed by atoms with E-state index in [1.165, 1.54) is 0 Å². The van der Waals surface area contributed by atoms with E-state index in [1.807, 2.05) is 0 Å². The fraction of sp³-hybridized carbons (Fsp3) is 0.435. The molecule has 1 amide bonds. The molecule has 1 N–H and O–H groups in total. The number of hydrogen-bond donors (Lipinski definition) is 1. The Morgan fingerprint density at radius 3 is 2.53 bits per heavy atom. The van der Waals surface area contributed by atoms with Gasteiger partial charge >= 0.3 is 0 Å². The van der Waals surface area contributed by atoms with E-state index in [0.717, 1.165) is 0 Å². The molecule has 0 bridgehead atoms. The van der Waals surface area contributed by atoms with Crippen LogP contribution in [-0.2, 0) is 0 Å². The average Bonchev–Trinajstić information content (AvgIpc) is 2.71. The molecule has 1 fully saturated rings. The summed E-state index contributed by atoms with van der Waals surface area (Å²) in [6.45, 7) is 15.6. The van der Waals surface area contributed by atoms with Gasteiger partial charge in [0.25, 0.3) is 5.91 Å². The number of hydrogen-bond acceptors (Lipinski definition) is 4. The molecule has 1 aromatic heterocycles. The highest BCUT2D eigenvalue weighted by Gasteiger charge is 2.66. The van der Waals surface area contributed by atoms with Gasteiger partial charge in [-0.15, -0.1) is 0 Å². The van der Waals surface area contributed by atoms with E-state index in [1.54, 1.807) is 47.6 Å². The van der Waals surface area contributed by atoms with Crippen molar-refractivity contribution < 1.29 is 14.6 Å². The molecule has 0 radical (unpaired) electrons. The van der Waals surface area contributed by atoms with Gasteiger partial charge in [-0.2, -0.15) is 0 Å². The second-order valence-corrected chi connectivity index (χ2v) is 9.59. The number of benzene rings is 1. The molecule has 1 saturated carbocycles. The van der Waals surface area contributed by atoms with Crippen molar-refractivity contribution in [2.75, 3.05) is 13.2 Å². The van der Waals surface area contributed by atoms with Gasteiger partial charge in [-0.3, -0.25) is 9.78 Å². The molecule has 1 aliphatic carbocycles. The van der Waals surface area contributed by atoms with Gasteiger partial charge in [-0.25, -0.2) is 4.85 Å². The molecule has 1 heterocycles. The first-order valence-electron chi connectivity index (χ1n) is 9.80. The van der Waals surface area contributed by atoms with Crippen molar-refractivity contribution in [2.24, 2.45) is 10.8 Å². The van der Waals surface area contributed by atoms with Crippen LogP contribution in [0.15, 0.2) is 47.2 Å². The van der Waals surface area contributed by atoms with Crippen molar-refractivity contribution in [1.29, 1.82) is 0 Å². The number of amides is 1. The molecule has 2 aromatic rings. The Morgan fingerprint density at radius 2 is 2.00 bits per heavy atom. The molecule has 30 heavy (non-hydrogen) atoms.